The lowest BCUT2D eigenvalue weighted by Gasteiger charge is -2.03. The minimum Gasteiger partial charge on any atom is -0.475 e. The lowest BCUT2D eigenvalue weighted by molar-refractivity contribution is 0.0661. The number of carboxylic acids is 1. The van der Waals surface area contributed by atoms with Gasteiger partial charge < -0.3 is 9.52 Å². The summed E-state index contributed by atoms with van der Waals surface area (Å²) in [4.78, 5) is 10.6. The third-order valence-electron chi connectivity index (χ3n) is 3.03. The molecule has 0 bridgehead atoms. The van der Waals surface area contributed by atoms with Crippen LogP contribution in [0.25, 0.3) is 0 Å². The number of nitriles is 1. The van der Waals surface area contributed by atoms with Crippen molar-refractivity contribution in [2.45, 2.75) is 31.7 Å². The molecule has 9 nitrogen and oxygen atoms in total. The van der Waals surface area contributed by atoms with Gasteiger partial charge in [0.2, 0.25) is 5.76 Å². The summed E-state index contributed by atoms with van der Waals surface area (Å²) >= 11 is 0. The van der Waals surface area contributed by atoms with Gasteiger partial charge in [-0.1, -0.05) is 0 Å². The van der Waals surface area contributed by atoms with E-state index < -0.39 is 21.8 Å². The molecule has 10 heteroatoms. The van der Waals surface area contributed by atoms with Crippen molar-refractivity contribution in [1.29, 1.82) is 5.26 Å². The first-order chi connectivity index (χ1) is 10.7. The number of anilines is 1. The molecule has 2 rings (SSSR count). The zero-order valence-corrected chi connectivity index (χ0v) is 13.2. The van der Waals surface area contributed by atoms with Gasteiger partial charge in [0, 0.05) is 17.8 Å². The molecule has 0 unspecified atom stereocenters. The predicted molar refractivity (Wildman–Crippen MR) is 78.4 cm³/mol. The van der Waals surface area contributed by atoms with Crippen LogP contribution in [0.5, 0.6) is 0 Å². The maximum absolute atomic E-state index is 12.3. The largest absolute Gasteiger partial charge is 0.475 e. The highest BCUT2D eigenvalue weighted by atomic mass is 32.2. The zero-order valence-electron chi connectivity index (χ0n) is 12.4. The maximum atomic E-state index is 12.3. The van der Waals surface area contributed by atoms with Crippen molar-refractivity contribution in [3.8, 4) is 6.07 Å². The number of furan rings is 1. The summed E-state index contributed by atoms with van der Waals surface area (Å²) in [5.41, 5.74) is 0.688. The van der Waals surface area contributed by atoms with Gasteiger partial charge in [-0.3, -0.25) is 9.40 Å². The first-order valence-electron chi connectivity index (χ1n) is 6.52. The van der Waals surface area contributed by atoms with Crippen molar-refractivity contribution in [2.24, 2.45) is 0 Å². The molecule has 0 aromatic carbocycles. The van der Waals surface area contributed by atoms with E-state index in [2.05, 4.69) is 9.82 Å². The van der Waals surface area contributed by atoms with Crippen LogP contribution in [0.2, 0.25) is 0 Å². The molecule has 0 atom stereocenters. The van der Waals surface area contributed by atoms with Gasteiger partial charge in [0.1, 0.15) is 10.7 Å². The molecule has 0 spiro atoms. The fourth-order valence-electron chi connectivity index (χ4n) is 1.97. The number of nitrogens with one attached hydrogen (secondary N) is 1. The second-order valence-corrected chi connectivity index (χ2v) is 6.39. The molecule has 0 aliphatic heterocycles. The average molecular weight is 338 g/mol. The second-order valence-electron chi connectivity index (χ2n) is 4.74. The summed E-state index contributed by atoms with van der Waals surface area (Å²) < 4.78 is 33.3. The number of aromatic nitrogens is 2. The molecular formula is C13H14N4O5S. The van der Waals surface area contributed by atoms with Crippen LogP contribution in [-0.2, 0) is 16.6 Å². The van der Waals surface area contributed by atoms with E-state index in [-0.39, 0.29) is 22.9 Å². The molecule has 23 heavy (non-hydrogen) atoms. The van der Waals surface area contributed by atoms with Gasteiger partial charge >= 0.3 is 5.97 Å². The zero-order chi connectivity index (χ0) is 17.2. The number of sulfonamides is 1. The summed E-state index contributed by atoms with van der Waals surface area (Å²) in [5, 5.41) is 21.5. The van der Waals surface area contributed by atoms with E-state index in [9.17, 15) is 13.2 Å². The first-order valence-corrected chi connectivity index (χ1v) is 8.01. The maximum Gasteiger partial charge on any atom is 0.371 e. The third-order valence-corrected chi connectivity index (χ3v) is 4.49. The Hall–Kier alpha value is -2.80. The molecule has 0 radical (unpaired) electrons. The number of aromatic carboxylic acids is 1. The Labute approximate surface area is 132 Å². The van der Waals surface area contributed by atoms with Crippen molar-refractivity contribution in [3.63, 3.8) is 0 Å². The van der Waals surface area contributed by atoms with Crippen LogP contribution in [0.15, 0.2) is 21.4 Å². The van der Waals surface area contributed by atoms with Gasteiger partial charge in [0.25, 0.3) is 10.0 Å². The van der Waals surface area contributed by atoms with E-state index >= 15 is 0 Å². The van der Waals surface area contributed by atoms with E-state index in [0.717, 1.165) is 6.07 Å². The van der Waals surface area contributed by atoms with Crippen LogP contribution < -0.4 is 4.72 Å². The van der Waals surface area contributed by atoms with Gasteiger partial charge in [-0.15, -0.1) is 0 Å². The SMILES string of the molecule is Cc1oc(C(=O)O)cc1S(=O)(=O)Nc1cc(C)n(CCC#N)n1. The van der Waals surface area contributed by atoms with Gasteiger partial charge in [-0.2, -0.15) is 10.4 Å². The molecule has 0 saturated carbocycles. The Morgan fingerprint density at radius 3 is 2.74 bits per heavy atom. The first kappa shape index (κ1) is 16.6. The van der Waals surface area contributed by atoms with Gasteiger partial charge in [0.15, 0.2) is 5.82 Å². The molecule has 0 aliphatic carbocycles. The molecule has 2 heterocycles. The molecule has 0 saturated heterocycles. The van der Waals surface area contributed by atoms with Crippen LogP contribution in [-0.4, -0.2) is 29.3 Å². The van der Waals surface area contributed by atoms with Gasteiger partial charge in [-0.05, 0) is 13.8 Å². The molecule has 2 aromatic rings. The summed E-state index contributed by atoms with van der Waals surface area (Å²) in [6.07, 6.45) is 0.248. The van der Waals surface area contributed by atoms with Crippen molar-refractivity contribution in [3.05, 3.63) is 29.3 Å². The fraction of sp³-hybridized carbons (Fsp3) is 0.308. The number of hydrogen-bond donors (Lipinski definition) is 2. The lowest BCUT2D eigenvalue weighted by atomic mass is 10.4. The summed E-state index contributed by atoms with van der Waals surface area (Å²) in [5.74, 6) is -1.77. The minimum absolute atomic E-state index is 0.0319. The van der Waals surface area contributed by atoms with E-state index in [0.29, 0.717) is 12.2 Å². The Balaban J connectivity index is 2.28. The summed E-state index contributed by atoms with van der Waals surface area (Å²) in [7, 11) is -4.03. The highest BCUT2D eigenvalue weighted by Gasteiger charge is 2.24. The van der Waals surface area contributed by atoms with Crippen molar-refractivity contribution < 1.29 is 22.7 Å². The number of aryl methyl sites for hydroxylation is 3. The Morgan fingerprint density at radius 2 is 2.17 bits per heavy atom. The Kier molecular flexibility index (Phi) is 4.42. The average Bonchev–Trinajstić information content (AvgIpc) is 3.00. The smallest absolute Gasteiger partial charge is 0.371 e. The standard InChI is InChI=1S/C13H14N4O5S/c1-8-6-12(15-17(8)5-3-4-14)16-23(20,21)11-7-10(13(18)19)22-9(11)2/h6-7H,3,5H2,1-2H3,(H,15,16)(H,18,19). The summed E-state index contributed by atoms with van der Waals surface area (Å²) in [6.45, 7) is 3.43. The number of carbonyl (C=O) groups is 1. The molecule has 0 amide bonds. The molecule has 2 aromatic heterocycles. The number of hydrogen-bond acceptors (Lipinski definition) is 6. The Bertz CT molecular complexity index is 888. The lowest BCUT2D eigenvalue weighted by Crippen LogP contribution is -2.14. The fourth-order valence-corrected chi connectivity index (χ4v) is 3.14. The van der Waals surface area contributed by atoms with Crippen LogP contribution in [0.3, 0.4) is 0 Å². The highest BCUT2D eigenvalue weighted by molar-refractivity contribution is 7.92. The van der Waals surface area contributed by atoms with Crippen LogP contribution in [0.4, 0.5) is 5.82 Å². The highest BCUT2D eigenvalue weighted by Crippen LogP contribution is 2.23. The molecule has 0 fully saturated rings. The molecule has 2 N–H and O–H groups in total. The van der Waals surface area contributed by atoms with E-state index in [1.54, 1.807) is 6.92 Å². The van der Waals surface area contributed by atoms with E-state index in [1.807, 2.05) is 6.07 Å². The van der Waals surface area contributed by atoms with Crippen molar-refractivity contribution >= 4 is 21.8 Å². The Morgan fingerprint density at radius 1 is 1.48 bits per heavy atom. The minimum atomic E-state index is -4.03. The van der Waals surface area contributed by atoms with Crippen molar-refractivity contribution in [1.82, 2.24) is 9.78 Å². The molecule has 0 aliphatic rings. The number of carboxylic acid groups (broad SMARTS) is 1. The van der Waals surface area contributed by atoms with Gasteiger partial charge in [0.05, 0.1) is 19.0 Å². The van der Waals surface area contributed by atoms with Crippen LogP contribution >= 0.6 is 0 Å². The van der Waals surface area contributed by atoms with E-state index in [4.69, 9.17) is 14.8 Å². The van der Waals surface area contributed by atoms with Crippen LogP contribution in [0.1, 0.15) is 28.4 Å². The second kappa shape index (κ2) is 6.13. The normalized spacial score (nSPS) is 11.2. The topological polar surface area (TPSA) is 138 Å². The summed E-state index contributed by atoms with van der Waals surface area (Å²) in [6, 6.07) is 4.44. The van der Waals surface area contributed by atoms with Crippen molar-refractivity contribution in [2.75, 3.05) is 4.72 Å². The third kappa shape index (κ3) is 3.51. The molecular weight excluding hydrogens is 324 g/mol. The quantitative estimate of drug-likeness (QED) is 0.813. The van der Waals surface area contributed by atoms with E-state index in [1.165, 1.54) is 17.7 Å². The molecule has 122 valence electrons. The predicted octanol–water partition coefficient (Wildman–Crippen LogP) is 1.51. The van der Waals surface area contributed by atoms with Gasteiger partial charge in [-0.25, -0.2) is 13.2 Å². The monoisotopic (exact) mass is 338 g/mol. The number of nitrogens with zero attached hydrogens (tertiary/aromatic N) is 3. The number of rotatable bonds is 6. The van der Waals surface area contributed by atoms with Crippen LogP contribution in [0, 0.1) is 25.2 Å².